The van der Waals surface area contributed by atoms with E-state index in [1.54, 1.807) is 73.1 Å². The van der Waals surface area contributed by atoms with Crippen LogP contribution in [0.2, 0.25) is 0 Å². The molecule has 10 atom stereocenters. The number of aliphatic hydroxyl groups excluding tert-OH is 1. The first-order valence-corrected chi connectivity index (χ1v) is 30.2. The van der Waals surface area contributed by atoms with Crippen molar-refractivity contribution in [2.75, 3.05) is 30.9 Å². The standard InChI is InChI=1S/C58H83N13O12S2/c1-34(72)49(57(81)69-46(30-36-17-7-4-8-18-36)55(79)66-43(25-28-85-2)52(76)70-47(33-84)56(80)67-44(58(82)83)22-12-14-27-60)71-53(77)42(23-24-48(62)73)65-54(78)45(29-35-15-5-3-6-16-35)68-51(75)41(21-11-13-26-59)64-50(74)39(61)31-37-32-63-40-20-10-9-19-38(37)40/h3-10,15-20,32,34,39,41-47,49,63,72,84H,11-14,21-31,33,59-61H2,1-2H3,(H2,62,73)(H,64,74)(H,65,78)(H,66,79)(H,67,80)(H,68,75)(H,69,81)(H,70,76)(H,71,77)(H,82,83)/t34-,39+,41+,42+,43+,44+,45+,46+,47+,49+/m1/s1. The maximum atomic E-state index is 14.5. The molecule has 4 aromatic rings. The highest BCUT2D eigenvalue weighted by Gasteiger charge is 2.36. The van der Waals surface area contributed by atoms with Gasteiger partial charge in [-0.1, -0.05) is 78.9 Å². The largest absolute Gasteiger partial charge is 0.480 e. The highest BCUT2D eigenvalue weighted by molar-refractivity contribution is 7.98. The van der Waals surface area contributed by atoms with Gasteiger partial charge in [-0.2, -0.15) is 24.4 Å². The van der Waals surface area contributed by atoms with Crippen molar-refractivity contribution in [3.8, 4) is 0 Å². The molecule has 0 fully saturated rings. The maximum Gasteiger partial charge on any atom is 0.326 e. The van der Waals surface area contributed by atoms with Gasteiger partial charge in [0.2, 0.25) is 53.2 Å². The van der Waals surface area contributed by atoms with Crippen LogP contribution in [0.5, 0.6) is 0 Å². The zero-order valence-corrected chi connectivity index (χ0v) is 49.6. The van der Waals surface area contributed by atoms with E-state index in [9.17, 15) is 58.2 Å². The Kier molecular flexibility index (Phi) is 30.4. The number of hydrogen-bond donors (Lipinski definition) is 16. The molecule has 0 aliphatic heterocycles. The molecule has 85 heavy (non-hydrogen) atoms. The number of aliphatic hydroxyl groups is 1. The monoisotopic (exact) mass is 1220 g/mol. The van der Waals surface area contributed by atoms with Crippen molar-refractivity contribution in [2.24, 2.45) is 22.9 Å². The first-order valence-electron chi connectivity index (χ1n) is 28.2. The highest BCUT2D eigenvalue weighted by atomic mass is 32.2. The normalized spacial score (nSPS) is 14.7. The van der Waals surface area contributed by atoms with E-state index in [-0.39, 0.29) is 44.3 Å². The number of H-pyrrole nitrogens is 1. The summed E-state index contributed by atoms with van der Waals surface area (Å²) in [6.07, 6.45) is 2.96. The number of nitrogens with two attached hydrogens (primary N) is 4. The number of aliphatic carboxylic acids is 1. The molecule has 0 bridgehead atoms. The van der Waals surface area contributed by atoms with Gasteiger partial charge in [-0.05, 0) is 113 Å². The minimum atomic E-state index is -1.82. The molecule has 0 saturated heterocycles. The summed E-state index contributed by atoms with van der Waals surface area (Å²) in [7, 11) is 0. The number of carboxylic acid groups (broad SMARTS) is 1. The Morgan fingerprint density at radius 1 is 0.541 bits per heavy atom. The summed E-state index contributed by atoms with van der Waals surface area (Å²) in [5.74, 6) is -8.98. The number of carboxylic acids is 1. The zero-order valence-electron chi connectivity index (χ0n) is 47.9. The lowest BCUT2D eigenvalue weighted by atomic mass is 10.0. The van der Waals surface area contributed by atoms with E-state index in [2.05, 4.69) is 60.1 Å². The lowest BCUT2D eigenvalue weighted by molar-refractivity contribution is -0.142. The van der Waals surface area contributed by atoms with Crippen LogP contribution in [0, 0.1) is 0 Å². The summed E-state index contributed by atoms with van der Waals surface area (Å²) in [5, 5.41) is 42.4. The molecule has 4 rings (SSSR count). The van der Waals surface area contributed by atoms with E-state index in [0.717, 1.165) is 16.5 Å². The van der Waals surface area contributed by atoms with Gasteiger partial charge in [0.05, 0.1) is 12.1 Å². The maximum absolute atomic E-state index is 14.5. The predicted octanol–water partition coefficient (Wildman–Crippen LogP) is -0.927. The van der Waals surface area contributed by atoms with Crippen molar-refractivity contribution in [3.63, 3.8) is 0 Å². The minimum absolute atomic E-state index is 0.0386. The average Bonchev–Trinajstić information content (AvgIpc) is 4.19. The number of unbranched alkanes of at least 4 members (excludes halogenated alkanes) is 2. The Labute approximate surface area is 504 Å². The number of amides is 9. The number of thioether (sulfide) groups is 1. The van der Waals surface area contributed by atoms with Crippen molar-refractivity contribution < 1.29 is 58.2 Å². The molecule has 0 unspecified atom stereocenters. The molecule has 0 saturated carbocycles. The van der Waals surface area contributed by atoms with Crippen LogP contribution in [0.15, 0.2) is 91.1 Å². The second-order valence-corrected chi connectivity index (χ2v) is 21.9. The van der Waals surface area contributed by atoms with Crippen LogP contribution in [0.1, 0.15) is 81.4 Å². The first kappa shape index (κ1) is 69.9. The number of carbonyl (C=O) groups is 10. The van der Waals surface area contributed by atoms with Gasteiger partial charge in [0.15, 0.2) is 0 Å². The quantitative estimate of drug-likeness (QED) is 0.0190. The van der Waals surface area contributed by atoms with Crippen molar-refractivity contribution in [1.29, 1.82) is 0 Å². The number of hydrogen-bond acceptors (Lipinski definition) is 16. The van der Waals surface area contributed by atoms with Crippen LogP contribution >= 0.6 is 24.4 Å². The number of primary amides is 1. The smallest absolute Gasteiger partial charge is 0.326 e. The second-order valence-electron chi connectivity index (χ2n) is 20.6. The third kappa shape index (κ3) is 23.8. The van der Waals surface area contributed by atoms with Gasteiger partial charge in [-0.25, -0.2) is 4.79 Å². The Hall–Kier alpha value is -7.56. The van der Waals surface area contributed by atoms with E-state index in [0.29, 0.717) is 55.7 Å². The van der Waals surface area contributed by atoms with Crippen molar-refractivity contribution in [1.82, 2.24) is 47.5 Å². The highest BCUT2D eigenvalue weighted by Crippen LogP contribution is 2.19. The van der Waals surface area contributed by atoms with E-state index in [1.165, 1.54) is 18.7 Å². The minimum Gasteiger partial charge on any atom is -0.480 e. The lowest BCUT2D eigenvalue weighted by Gasteiger charge is -2.29. The number of nitrogens with one attached hydrogen (secondary N) is 9. The molecule has 9 amide bonds. The van der Waals surface area contributed by atoms with Gasteiger partial charge in [0, 0.05) is 42.1 Å². The first-order chi connectivity index (χ1) is 40.7. The zero-order chi connectivity index (χ0) is 62.4. The number of aromatic nitrogens is 1. The van der Waals surface area contributed by atoms with Gasteiger partial charge in [-0.15, -0.1) is 0 Å². The average molecular weight is 1220 g/mol. The van der Waals surface area contributed by atoms with Crippen LogP contribution in [-0.4, -0.2) is 166 Å². The number of benzene rings is 3. The van der Waals surface area contributed by atoms with Gasteiger partial charge in [0.1, 0.15) is 48.3 Å². The summed E-state index contributed by atoms with van der Waals surface area (Å²) in [4.78, 5) is 140. The summed E-state index contributed by atoms with van der Waals surface area (Å²) >= 11 is 5.57. The van der Waals surface area contributed by atoms with Crippen molar-refractivity contribution in [2.45, 2.75) is 144 Å². The summed E-state index contributed by atoms with van der Waals surface area (Å²) in [6, 6.07) is 12.1. The van der Waals surface area contributed by atoms with Gasteiger partial charge < -0.3 is 80.7 Å². The van der Waals surface area contributed by atoms with Gasteiger partial charge in [-0.3, -0.25) is 43.2 Å². The fraction of sp³-hybridized carbons (Fsp3) is 0.483. The van der Waals surface area contributed by atoms with E-state index in [1.807, 2.05) is 24.3 Å². The Morgan fingerprint density at radius 2 is 0.976 bits per heavy atom. The molecular weight excluding hydrogens is 1130 g/mol. The van der Waals surface area contributed by atoms with Gasteiger partial charge >= 0.3 is 5.97 Å². The lowest BCUT2D eigenvalue weighted by Crippen LogP contribution is -2.62. The van der Waals surface area contributed by atoms with Crippen molar-refractivity contribution in [3.05, 3.63) is 108 Å². The fourth-order valence-corrected chi connectivity index (χ4v) is 9.80. The van der Waals surface area contributed by atoms with E-state index in [4.69, 9.17) is 22.9 Å². The second kappa shape index (κ2) is 37.0. The Morgan fingerprint density at radius 3 is 1.49 bits per heavy atom. The SMILES string of the molecule is CSCC[C@H](NC(=O)[C@H](Cc1ccccc1)NC(=O)[C@@H](NC(=O)[C@H](CCC(N)=O)NC(=O)[C@H](Cc1ccccc1)NC(=O)[C@H](CCCCN)NC(=O)[C@@H](N)Cc1c[nH]c2ccccc12)[C@@H](C)O)C(=O)N[C@@H](CS)C(=O)N[C@@H](CCCCN)C(=O)O. The molecule has 464 valence electrons. The van der Waals surface area contributed by atoms with E-state index >= 15 is 0 Å². The third-order valence-corrected chi connectivity index (χ3v) is 14.9. The molecule has 0 spiro atoms. The van der Waals surface area contributed by atoms with Crippen LogP contribution < -0.4 is 65.5 Å². The van der Waals surface area contributed by atoms with Crippen LogP contribution in [-0.2, 0) is 67.2 Å². The molecule has 25 nitrogen and oxygen atoms in total. The topological polar surface area (TPSA) is 427 Å². The molecule has 1 aromatic heterocycles. The van der Waals surface area contributed by atoms with Gasteiger partial charge in [0.25, 0.3) is 0 Å². The number of rotatable bonds is 39. The molecule has 19 N–H and O–H groups in total. The number of fused-ring (bicyclic) bond motifs is 1. The summed E-state index contributed by atoms with van der Waals surface area (Å²) < 4.78 is 0. The van der Waals surface area contributed by atoms with Crippen LogP contribution in [0.4, 0.5) is 0 Å². The van der Waals surface area contributed by atoms with Crippen LogP contribution in [0.25, 0.3) is 10.9 Å². The molecule has 3 aromatic carbocycles. The Bertz CT molecular complexity index is 2830. The number of aromatic amines is 1. The number of para-hydroxylation sites is 1. The molecule has 0 radical (unpaired) electrons. The van der Waals surface area contributed by atoms with Crippen molar-refractivity contribution >= 4 is 94.4 Å². The molecule has 0 aliphatic carbocycles. The fourth-order valence-electron chi connectivity index (χ4n) is 9.07. The number of carbonyl (C=O) groups excluding carboxylic acids is 9. The Balaban J connectivity index is 1.57. The molecule has 27 heteroatoms. The molecule has 0 aliphatic rings. The number of thiol groups is 1. The predicted molar refractivity (Wildman–Crippen MR) is 326 cm³/mol. The molecule has 1 heterocycles. The summed E-state index contributed by atoms with van der Waals surface area (Å²) in [5.41, 5.74) is 26.0. The van der Waals surface area contributed by atoms with Crippen LogP contribution in [0.3, 0.4) is 0 Å². The third-order valence-electron chi connectivity index (χ3n) is 13.9. The molecular formula is C58H83N13O12S2. The van der Waals surface area contributed by atoms with E-state index < -0.39 is 132 Å². The summed E-state index contributed by atoms with van der Waals surface area (Å²) in [6.45, 7) is 1.81.